The zero-order valence-electron chi connectivity index (χ0n) is 33.7. The van der Waals surface area contributed by atoms with Crippen molar-refractivity contribution < 1.29 is 28.9 Å². The van der Waals surface area contributed by atoms with Gasteiger partial charge in [-0.3, -0.25) is 24.6 Å². The van der Waals surface area contributed by atoms with Gasteiger partial charge in [0, 0.05) is 70.6 Å². The predicted octanol–water partition coefficient (Wildman–Crippen LogP) is 5.67. The highest BCUT2D eigenvalue weighted by atomic mass is 16.5. The van der Waals surface area contributed by atoms with Crippen LogP contribution in [0.25, 0.3) is 0 Å². The third kappa shape index (κ3) is 15.5. The van der Waals surface area contributed by atoms with Crippen molar-refractivity contribution in [1.82, 2.24) is 45.4 Å². The summed E-state index contributed by atoms with van der Waals surface area (Å²) in [6, 6.07) is 0. The topological polar surface area (TPSA) is 177 Å². The van der Waals surface area contributed by atoms with Crippen LogP contribution in [0.15, 0.2) is 9.05 Å². The van der Waals surface area contributed by atoms with Crippen LogP contribution in [-0.2, 0) is 22.7 Å². The van der Waals surface area contributed by atoms with Gasteiger partial charge >= 0.3 is 5.97 Å². The summed E-state index contributed by atoms with van der Waals surface area (Å²) in [6.07, 6.45) is 19.8. The molecule has 0 radical (unpaired) electrons. The number of aromatic nitrogens is 4. The van der Waals surface area contributed by atoms with Gasteiger partial charge in [-0.1, -0.05) is 100 Å². The fourth-order valence-electron chi connectivity index (χ4n) is 8.77. The highest BCUT2D eigenvalue weighted by Crippen LogP contribution is 2.32. The standard InChI is InChI=1S/C20H35N5O3.C20H34N4O3/c1-24-10-12-25(13-11-24)15-18-21-20(28-23-18)17(14-19(26)22-27)9-5-8-16-6-3-2-4-7-16;1-23-10-12-24(13-11-23)15-18-21-20(27-22-18)17(14-19(25)26)9-5-8-16-6-3-2-4-7-16/h16-17,27H,2-15H2,1H3,(H,22,26);16-17H,2-15H2,1H3,(H,25,26)/t2*17-/m11/s1. The molecule has 2 aliphatic heterocycles. The summed E-state index contributed by atoms with van der Waals surface area (Å²) in [5, 5.41) is 26.5. The molecule has 1 amide bonds. The average Bonchev–Trinajstić information content (AvgIpc) is 3.87. The third-order valence-corrected chi connectivity index (χ3v) is 12.3. The first-order valence-corrected chi connectivity index (χ1v) is 21.4. The molecule has 2 aromatic rings. The van der Waals surface area contributed by atoms with E-state index in [1.54, 1.807) is 5.48 Å². The summed E-state index contributed by atoms with van der Waals surface area (Å²) in [5.41, 5.74) is 1.74. The summed E-state index contributed by atoms with van der Waals surface area (Å²) in [5.74, 6) is 2.53. The largest absolute Gasteiger partial charge is 0.481 e. The van der Waals surface area contributed by atoms with Gasteiger partial charge in [0.15, 0.2) is 11.6 Å². The Bertz CT molecular complexity index is 1380. The normalized spacial score (nSPS) is 21.1. The van der Waals surface area contributed by atoms with Crippen LogP contribution in [0, 0.1) is 11.8 Å². The SMILES string of the molecule is CN1CCN(Cc2noc([C@H](CCCC3CCCCC3)CC(=O)NO)n2)CC1.CN1CCN(Cc2noc([C@H](CCCC3CCCCC3)CC(=O)O)n2)CC1. The lowest BCUT2D eigenvalue weighted by molar-refractivity contribution is -0.137. The lowest BCUT2D eigenvalue weighted by atomic mass is 9.84. The molecule has 4 fully saturated rings. The second-order valence-corrected chi connectivity index (χ2v) is 16.9. The van der Waals surface area contributed by atoms with E-state index in [0.29, 0.717) is 36.5 Å². The molecule has 4 heterocycles. The maximum absolute atomic E-state index is 11.8. The summed E-state index contributed by atoms with van der Waals surface area (Å²) < 4.78 is 11.0. The summed E-state index contributed by atoms with van der Waals surface area (Å²) in [4.78, 5) is 41.5. The molecule has 15 heteroatoms. The van der Waals surface area contributed by atoms with Crippen LogP contribution in [0.3, 0.4) is 0 Å². The van der Waals surface area contributed by atoms with Gasteiger partial charge in [-0.05, 0) is 38.8 Å². The minimum absolute atomic E-state index is 0.0702. The van der Waals surface area contributed by atoms with E-state index in [9.17, 15) is 14.7 Å². The van der Waals surface area contributed by atoms with Crippen molar-refractivity contribution in [2.45, 2.75) is 141 Å². The predicted molar refractivity (Wildman–Crippen MR) is 207 cm³/mol. The third-order valence-electron chi connectivity index (χ3n) is 12.3. The second kappa shape index (κ2) is 23.3. The Morgan fingerprint density at radius 2 is 1.09 bits per heavy atom. The molecule has 15 nitrogen and oxygen atoms in total. The monoisotopic (exact) mass is 772 g/mol. The number of carbonyl (C=O) groups is 2. The number of carboxylic acids is 1. The number of carbonyl (C=O) groups excluding carboxylic acids is 1. The van der Waals surface area contributed by atoms with E-state index in [0.717, 1.165) is 89.9 Å². The molecule has 0 unspecified atom stereocenters. The summed E-state index contributed by atoms with van der Waals surface area (Å²) in [7, 11) is 4.27. The number of piperazine rings is 2. The maximum Gasteiger partial charge on any atom is 0.304 e. The zero-order valence-corrected chi connectivity index (χ0v) is 33.7. The Kier molecular flexibility index (Phi) is 18.3. The lowest BCUT2D eigenvalue weighted by Crippen LogP contribution is -2.44. The fraction of sp³-hybridized carbons (Fsp3) is 0.850. The quantitative estimate of drug-likeness (QED) is 0.125. The highest BCUT2D eigenvalue weighted by Gasteiger charge is 2.26. The van der Waals surface area contributed by atoms with Gasteiger partial charge in [0.25, 0.3) is 0 Å². The van der Waals surface area contributed by atoms with E-state index in [-0.39, 0.29) is 24.7 Å². The van der Waals surface area contributed by atoms with Gasteiger partial charge in [0.05, 0.1) is 19.5 Å². The minimum Gasteiger partial charge on any atom is -0.481 e. The molecular formula is C40H69N9O6. The number of nitrogens with zero attached hydrogens (tertiary/aromatic N) is 8. The minimum atomic E-state index is -0.795. The van der Waals surface area contributed by atoms with Crippen LogP contribution >= 0.6 is 0 Å². The first-order chi connectivity index (χ1) is 26.7. The number of carboxylic acid groups (broad SMARTS) is 1. The van der Waals surface area contributed by atoms with E-state index in [2.05, 4.69) is 54.0 Å². The van der Waals surface area contributed by atoms with E-state index in [1.807, 2.05) is 0 Å². The fourth-order valence-corrected chi connectivity index (χ4v) is 8.77. The van der Waals surface area contributed by atoms with Crippen molar-refractivity contribution in [2.24, 2.45) is 11.8 Å². The molecule has 0 aromatic carbocycles. The smallest absolute Gasteiger partial charge is 0.304 e. The number of hydroxylamine groups is 1. The molecule has 310 valence electrons. The number of hydrogen-bond acceptors (Lipinski definition) is 13. The zero-order chi connectivity index (χ0) is 38.8. The molecule has 2 atom stereocenters. The van der Waals surface area contributed by atoms with Gasteiger partial charge in [-0.25, -0.2) is 5.48 Å². The molecule has 0 bridgehead atoms. The van der Waals surface area contributed by atoms with Gasteiger partial charge in [0.2, 0.25) is 17.7 Å². The highest BCUT2D eigenvalue weighted by molar-refractivity contribution is 5.75. The van der Waals surface area contributed by atoms with Crippen LogP contribution in [0.1, 0.15) is 151 Å². The van der Waals surface area contributed by atoms with Gasteiger partial charge in [-0.2, -0.15) is 9.97 Å². The maximum atomic E-state index is 11.8. The number of likely N-dealkylation sites (N-methyl/N-ethyl adjacent to an activating group) is 2. The van der Waals surface area contributed by atoms with Crippen molar-refractivity contribution in [1.29, 1.82) is 0 Å². The summed E-state index contributed by atoms with van der Waals surface area (Å²) in [6.45, 7) is 9.55. The van der Waals surface area contributed by atoms with Crippen LogP contribution < -0.4 is 5.48 Å². The summed E-state index contributed by atoms with van der Waals surface area (Å²) >= 11 is 0. The lowest BCUT2D eigenvalue weighted by Gasteiger charge is -2.31. The van der Waals surface area contributed by atoms with Crippen molar-refractivity contribution >= 4 is 11.9 Å². The molecule has 4 aliphatic rings. The number of hydrogen-bond donors (Lipinski definition) is 3. The van der Waals surface area contributed by atoms with E-state index in [4.69, 9.17) is 14.3 Å². The van der Waals surface area contributed by atoms with Crippen molar-refractivity contribution in [3.05, 3.63) is 23.4 Å². The average molecular weight is 772 g/mol. The van der Waals surface area contributed by atoms with E-state index < -0.39 is 11.9 Å². The molecule has 2 saturated heterocycles. The van der Waals surface area contributed by atoms with Crippen molar-refractivity contribution in [2.75, 3.05) is 66.5 Å². The van der Waals surface area contributed by atoms with Gasteiger partial charge in [-0.15, -0.1) is 0 Å². The Labute approximate surface area is 327 Å². The van der Waals surface area contributed by atoms with E-state index in [1.165, 1.54) is 77.0 Å². The van der Waals surface area contributed by atoms with Crippen LogP contribution in [-0.4, -0.2) is 129 Å². The number of amides is 1. The van der Waals surface area contributed by atoms with Crippen LogP contribution in [0.5, 0.6) is 0 Å². The molecule has 2 aliphatic carbocycles. The van der Waals surface area contributed by atoms with Crippen LogP contribution in [0.4, 0.5) is 0 Å². The number of aliphatic carboxylic acids is 1. The van der Waals surface area contributed by atoms with Crippen molar-refractivity contribution in [3.63, 3.8) is 0 Å². The molecule has 0 spiro atoms. The Morgan fingerprint density at radius 3 is 1.49 bits per heavy atom. The van der Waals surface area contributed by atoms with Gasteiger partial charge < -0.3 is 24.0 Å². The second-order valence-electron chi connectivity index (χ2n) is 16.9. The number of nitrogens with one attached hydrogen (secondary N) is 1. The van der Waals surface area contributed by atoms with Gasteiger partial charge in [0.1, 0.15) is 0 Å². The Balaban J connectivity index is 0.000000211. The Hall–Kier alpha value is -2.98. The van der Waals surface area contributed by atoms with Crippen molar-refractivity contribution in [3.8, 4) is 0 Å². The molecule has 2 saturated carbocycles. The first-order valence-electron chi connectivity index (χ1n) is 21.4. The number of rotatable bonds is 18. The van der Waals surface area contributed by atoms with E-state index >= 15 is 0 Å². The molecule has 55 heavy (non-hydrogen) atoms. The van der Waals surface area contributed by atoms with Crippen LogP contribution in [0.2, 0.25) is 0 Å². The molecular weight excluding hydrogens is 702 g/mol. The Morgan fingerprint density at radius 1 is 0.673 bits per heavy atom. The molecule has 2 aromatic heterocycles. The first kappa shape index (κ1) is 43.1. The molecule has 6 rings (SSSR count). The molecule has 3 N–H and O–H groups in total.